The zero-order valence-electron chi connectivity index (χ0n) is 35.2. The van der Waals surface area contributed by atoms with Crippen LogP contribution in [0.5, 0.6) is 0 Å². The first-order chi connectivity index (χ1) is 31.3. The summed E-state index contributed by atoms with van der Waals surface area (Å²) in [6.07, 6.45) is 14.2. The van der Waals surface area contributed by atoms with E-state index >= 15 is 0 Å². The molecule has 302 valence electrons. The number of nitrogens with one attached hydrogen (secondary N) is 2. The van der Waals surface area contributed by atoms with E-state index in [2.05, 4.69) is 173 Å². The molecule has 64 heavy (non-hydrogen) atoms. The van der Waals surface area contributed by atoms with Gasteiger partial charge < -0.3 is 15.1 Å². The molecule has 0 amide bonds. The molecule has 8 bridgehead atoms. The van der Waals surface area contributed by atoms with E-state index < -0.39 is 5.60 Å². The van der Waals surface area contributed by atoms with Crippen molar-refractivity contribution in [3.05, 3.63) is 203 Å². The van der Waals surface area contributed by atoms with Gasteiger partial charge in [-0.25, -0.2) is 9.97 Å². The summed E-state index contributed by atoms with van der Waals surface area (Å²) in [4.78, 5) is 18.5. The van der Waals surface area contributed by atoms with Gasteiger partial charge in [0.25, 0.3) is 0 Å². The summed E-state index contributed by atoms with van der Waals surface area (Å²) in [5, 5.41) is 10.2. The number of aromatic nitrogens is 4. The van der Waals surface area contributed by atoms with Crippen LogP contribution in [0.15, 0.2) is 158 Å². The molecule has 5 nitrogen and oxygen atoms in total. The standard InChI is InChI=1S/C59H40N4O/c1-4-39-36-41(38-42(37-39)34-35-59(2,3)64)21-20-40-22-24-46(25-23-40)58-53-32-30-51(62-53)56(44-16-10-6-11-17-44)49-28-26-47(60-49)55(43-14-8-5-9-15-43)48-27-29-50(61-48)57(45-18-12-7-13-19-45)52-31-33-54(58)63-52/h1,5-19,22-33,36-38,60-61,64H,2-3H3. The molecule has 8 aromatic rings. The summed E-state index contributed by atoms with van der Waals surface area (Å²) in [6, 6.07) is 53.7. The van der Waals surface area contributed by atoms with Crippen LogP contribution < -0.4 is 0 Å². The average Bonchev–Trinajstić information content (AvgIpc) is 4.17. The molecule has 2 aliphatic heterocycles. The van der Waals surface area contributed by atoms with Gasteiger partial charge in [0.05, 0.1) is 22.8 Å². The van der Waals surface area contributed by atoms with Gasteiger partial charge in [-0.2, -0.15) is 0 Å². The van der Waals surface area contributed by atoms with Crippen molar-refractivity contribution in [1.82, 2.24) is 19.9 Å². The van der Waals surface area contributed by atoms with Crippen molar-refractivity contribution in [2.24, 2.45) is 0 Å². The molecule has 0 radical (unpaired) electrons. The molecule has 10 rings (SSSR count). The Bertz CT molecular complexity index is 3380. The molecule has 5 heteroatoms. The van der Waals surface area contributed by atoms with E-state index in [-0.39, 0.29) is 0 Å². The molecular weight excluding hydrogens is 781 g/mol. The number of H-pyrrole nitrogens is 2. The monoisotopic (exact) mass is 820 g/mol. The number of fused-ring (bicyclic) bond motifs is 8. The predicted molar refractivity (Wildman–Crippen MR) is 264 cm³/mol. The summed E-state index contributed by atoms with van der Waals surface area (Å²) < 4.78 is 0. The maximum absolute atomic E-state index is 10.2. The third-order valence-electron chi connectivity index (χ3n) is 11.1. The lowest BCUT2D eigenvalue weighted by Gasteiger charge is -2.07. The smallest absolute Gasteiger partial charge is 0.120 e. The largest absolute Gasteiger partial charge is 0.378 e. The molecule has 5 aromatic carbocycles. The number of hydrogen-bond acceptors (Lipinski definition) is 3. The second-order valence-electron chi connectivity index (χ2n) is 16.2. The average molecular weight is 821 g/mol. The number of nitrogens with zero attached hydrogens (tertiary/aromatic N) is 2. The van der Waals surface area contributed by atoms with Crippen molar-refractivity contribution in [1.29, 1.82) is 0 Å². The highest BCUT2D eigenvalue weighted by Crippen LogP contribution is 2.38. The van der Waals surface area contributed by atoms with Crippen molar-refractivity contribution in [3.63, 3.8) is 0 Å². The molecule has 0 saturated carbocycles. The van der Waals surface area contributed by atoms with Crippen LogP contribution in [0.1, 0.15) is 58.9 Å². The fourth-order valence-corrected chi connectivity index (χ4v) is 8.18. The van der Waals surface area contributed by atoms with Gasteiger partial charge >= 0.3 is 0 Å². The summed E-state index contributed by atoms with van der Waals surface area (Å²) in [7, 11) is 0. The summed E-state index contributed by atoms with van der Waals surface area (Å²) >= 11 is 0. The van der Waals surface area contributed by atoms with Crippen LogP contribution in [-0.4, -0.2) is 30.6 Å². The molecule has 3 N–H and O–H groups in total. The molecule has 0 fully saturated rings. The van der Waals surface area contributed by atoms with Crippen molar-refractivity contribution in [3.8, 4) is 80.5 Å². The van der Waals surface area contributed by atoms with Gasteiger partial charge in [-0.1, -0.05) is 133 Å². The van der Waals surface area contributed by atoms with E-state index in [1.54, 1.807) is 13.8 Å². The van der Waals surface area contributed by atoms with Crippen LogP contribution in [-0.2, 0) is 0 Å². The van der Waals surface area contributed by atoms with E-state index in [0.29, 0.717) is 11.1 Å². The Hall–Kier alpha value is -8.66. The number of aromatic amines is 2. The summed E-state index contributed by atoms with van der Waals surface area (Å²) in [5.74, 6) is 15.2. The maximum Gasteiger partial charge on any atom is 0.120 e. The van der Waals surface area contributed by atoms with Crippen LogP contribution in [0.2, 0.25) is 0 Å². The van der Waals surface area contributed by atoms with Crippen molar-refractivity contribution in [2.45, 2.75) is 19.4 Å². The van der Waals surface area contributed by atoms with Crippen LogP contribution in [0, 0.1) is 36.0 Å². The Morgan fingerprint density at radius 1 is 0.422 bits per heavy atom. The quantitative estimate of drug-likeness (QED) is 0.155. The SMILES string of the molecule is C#Cc1cc(C#Cc2ccc(-c3c4nc(c(-c5ccccc5)c5ccc([nH]5)c(-c5ccccc5)c5ccc([nH]5)c(-c5ccccc5)c5nc3C=C5)C=C4)cc2)cc(C#CC(C)(C)O)c1. The lowest BCUT2D eigenvalue weighted by Crippen LogP contribution is -2.14. The number of terminal acetylenes is 1. The predicted octanol–water partition coefficient (Wildman–Crippen LogP) is 12.8. The minimum atomic E-state index is -1.13. The zero-order chi connectivity index (χ0) is 43.6. The van der Waals surface area contributed by atoms with Gasteiger partial charge in [-0.15, -0.1) is 6.42 Å². The zero-order valence-corrected chi connectivity index (χ0v) is 35.2. The second-order valence-corrected chi connectivity index (χ2v) is 16.2. The van der Waals surface area contributed by atoms with Crippen LogP contribution in [0.25, 0.3) is 90.9 Å². The first kappa shape index (κ1) is 39.5. The minimum Gasteiger partial charge on any atom is -0.378 e. The van der Waals surface area contributed by atoms with Crippen molar-refractivity contribution < 1.29 is 5.11 Å². The van der Waals surface area contributed by atoms with Gasteiger partial charge in [0.15, 0.2) is 0 Å². The van der Waals surface area contributed by atoms with Crippen LogP contribution >= 0.6 is 0 Å². The third kappa shape index (κ3) is 8.10. The van der Waals surface area contributed by atoms with Gasteiger partial charge in [-0.05, 0) is 115 Å². The van der Waals surface area contributed by atoms with Crippen LogP contribution in [0.4, 0.5) is 0 Å². The number of hydrogen-bond donors (Lipinski definition) is 3. The van der Waals surface area contributed by atoms with Gasteiger partial charge in [-0.3, -0.25) is 0 Å². The molecule has 3 aromatic heterocycles. The van der Waals surface area contributed by atoms with Crippen LogP contribution in [0.3, 0.4) is 0 Å². The number of aliphatic hydroxyl groups is 1. The highest BCUT2D eigenvalue weighted by Gasteiger charge is 2.19. The topological polar surface area (TPSA) is 77.6 Å². The van der Waals surface area contributed by atoms with Crippen molar-refractivity contribution in [2.75, 3.05) is 0 Å². The van der Waals surface area contributed by atoms with Gasteiger partial charge in [0.2, 0.25) is 0 Å². The molecular formula is C59H40N4O. The van der Waals surface area contributed by atoms with E-state index in [4.69, 9.17) is 16.4 Å². The third-order valence-corrected chi connectivity index (χ3v) is 11.1. The van der Waals surface area contributed by atoms with Gasteiger partial charge in [0, 0.05) is 66.6 Å². The minimum absolute atomic E-state index is 0.672. The fraction of sp³-hybridized carbons (Fsp3) is 0.0508. The highest BCUT2D eigenvalue weighted by atomic mass is 16.3. The fourth-order valence-electron chi connectivity index (χ4n) is 8.18. The molecule has 0 spiro atoms. The highest BCUT2D eigenvalue weighted by molar-refractivity contribution is 6.00. The molecule has 0 unspecified atom stereocenters. The Balaban J connectivity index is 1.21. The summed E-state index contributed by atoms with van der Waals surface area (Å²) in [6.45, 7) is 3.29. The van der Waals surface area contributed by atoms with E-state index in [0.717, 1.165) is 100 Å². The normalized spacial score (nSPS) is 11.6. The summed E-state index contributed by atoms with van der Waals surface area (Å²) in [5.41, 5.74) is 17.1. The molecule has 0 saturated heterocycles. The maximum atomic E-state index is 10.2. The number of benzene rings is 5. The van der Waals surface area contributed by atoms with Crippen molar-refractivity contribution >= 4 is 46.4 Å². The molecule has 0 aliphatic carbocycles. The first-order valence-corrected chi connectivity index (χ1v) is 21.1. The molecule has 2 aliphatic rings. The second kappa shape index (κ2) is 16.7. The first-order valence-electron chi connectivity index (χ1n) is 21.1. The Kier molecular flexibility index (Phi) is 10.3. The lowest BCUT2D eigenvalue weighted by molar-refractivity contribution is 0.143. The van der Waals surface area contributed by atoms with E-state index in [9.17, 15) is 5.11 Å². The lowest BCUT2D eigenvalue weighted by atomic mass is 10.0. The Labute approximate surface area is 372 Å². The molecule has 5 heterocycles. The number of rotatable bonds is 4. The molecule has 0 atom stereocenters. The van der Waals surface area contributed by atoms with E-state index in [1.807, 2.05) is 48.5 Å². The van der Waals surface area contributed by atoms with E-state index in [1.165, 1.54) is 0 Å². The van der Waals surface area contributed by atoms with Gasteiger partial charge in [0.1, 0.15) is 5.60 Å². The Morgan fingerprint density at radius 3 is 1.25 bits per heavy atom. The Morgan fingerprint density at radius 2 is 0.797 bits per heavy atom.